The monoisotopic (exact) mass is 366 g/mol. The van der Waals surface area contributed by atoms with Crippen LogP contribution in [-0.2, 0) is 11.3 Å². The molecule has 4 rings (SSSR count). The average Bonchev–Trinajstić information content (AvgIpc) is 3.25. The van der Waals surface area contributed by atoms with Gasteiger partial charge in [0, 0.05) is 38.4 Å². The first-order valence-electron chi connectivity index (χ1n) is 8.63. The summed E-state index contributed by atoms with van der Waals surface area (Å²) in [6, 6.07) is 10.4. The van der Waals surface area contributed by atoms with Crippen LogP contribution >= 0.6 is 0 Å². The van der Waals surface area contributed by atoms with E-state index in [4.69, 9.17) is 4.42 Å². The molecule has 1 amide bonds. The Hall–Kier alpha value is -3.49. The third kappa shape index (κ3) is 3.71. The molecule has 3 aromatic heterocycles. The van der Waals surface area contributed by atoms with E-state index >= 15 is 0 Å². The van der Waals surface area contributed by atoms with Gasteiger partial charge < -0.3 is 14.2 Å². The van der Waals surface area contributed by atoms with Gasteiger partial charge in [0.25, 0.3) is 5.56 Å². The second kappa shape index (κ2) is 7.40. The zero-order valence-corrected chi connectivity index (χ0v) is 14.6. The smallest absolute Gasteiger partial charge is 0.267 e. The standard InChI is InChI=1S/C18H18N6O3/c25-17-4-1-7-19-24(17)13-18(26)23-10-8-22(9-11-23)16-6-5-14(20-21-16)15-3-2-12-27-15/h1-7,12H,8-11,13H2. The number of nitrogens with zero attached hydrogens (tertiary/aromatic N) is 6. The first-order chi connectivity index (χ1) is 13.2. The predicted octanol–water partition coefficient (Wildman–Crippen LogP) is 0.642. The number of amides is 1. The molecule has 0 radical (unpaired) electrons. The summed E-state index contributed by atoms with van der Waals surface area (Å²) in [7, 11) is 0. The van der Waals surface area contributed by atoms with E-state index in [0.717, 1.165) is 5.82 Å². The summed E-state index contributed by atoms with van der Waals surface area (Å²) < 4.78 is 6.49. The third-order valence-corrected chi connectivity index (χ3v) is 4.45. The molecule has 0 saturated carbocycles. The second-order valence-electron chi connectivity index (χ2n) is 6.14. The van der Waals surface area contributed by atoms with Gasteiger partial charge in [-0.25, -0.2) is 4.68 Å². The Bertz CT molecular complexity index is 959. The number of anilines is 1. The highest BCUT2D eigenvalue weighted by Gasteiger charge is 2.22. The minimum atomic E-state index is -0.281. The van der Waals surface area contributed by atoms with Crippen molar-refractivity contribution in [2.75, 3.05) is 31.1 Å². The van der Waals surface area contributed by atoms with Crippen molar-refractivity contribution in [2.45, 2.75) is 6.54 Å². The van der Waals surface area contributed by atoms with Crippen molar-refractivity contribution < 1.29 is 9.21 Å². The van der Waals surface area contributed by atoms with Crippen LogP contribution in [0.3, 0.4) is 0 Å². The molecule has 1 fully saturated rings. The van der Waals surface area contributed by atoms with Crippen LogP contribution in [0.1, 0.15) is 0 Å². The van der Waals surface area contributed by atoms with Crippen LogP contribution in [0, 0.1) is 0 Å². The Kier molecular flexibility index (Phi) is 4.65. The Morgan fingerprint density at radius 1 is 1.04 bits per heavy atom. The maximum atomic E-state index is 12.4. The van der Waals surface area contributed by atoms with E-state index in [1.54, 1.807) is 23.3 Å². The molecular formula is C18H18N6O3. The number of rotatable bonds is 4. The lowest BCUT2D eigenvalue weighted by atomic mass is 10.2. The molecule has 9 heteroatoms. The molecule has 1 aliphatic rings. The van der Waals surface area contributed by atoms with Crippen LogP contribution in [0.2, 0.25) is 0 Å². The zero-order chi connectivity index (χ0) is 18.6. The second-order valence-corrected chi connectivity index (χ2v) is 6.14. The van der Waals surface area contributed by atoms with Gasteiger partial charge in [0.05, 0.1) is 6.26 Å². The number of aromatic nitrogens is 4. The molecule has 0 bridgehead atoms. The summed E-state index contributed by atoms with van der Waals surface area (Å²) in [6.07, 6.45) is 3.10. The normalized spacial score (nSPS) is 14.4. The lowest BCUT2D eigenvalue weighted by Crippen LogP contribution is -2.50. The average molecular weight is 366 g/mol. The summed E-state index contributed by atoms with van der Waals surface area (Å²) in [6.45, 7) is 2.37. The van der Waals surface area contributed by atoms with Crippen LogP contribution in [0.25, 0.3) is 11.5 Å². The highest BCUT2D eigenvalue weighted by Crippen LogP contribution is 2.19. The molecule has 0 aromatic carbocycles. The van der Waals surface area contributed by atoms with Crippen molar-refractivity contribution in [1.29, 1.82) is 0 Å². The van der Waals surface area contributed by atoms with E-state index in [1.807, 2.05) is 18.2 Å². The highest BCUT2D eigenvalue weighted by atomic mass is 16.3. The topological polar surface area (TPSA) is 97.4 Å². The van der Waals surface area contributed by atoms with Crippen LogP contribution in [0.15, 0.2) is 58.1 Å². The van der Waals surface area contributed by atoms with E-state index in [2.05, 4.69) is 20.2 Å². The van der Waals surface area contributed by atoms with Crippen LogP contribution in [0.4, 0.5) is 5.82 Å². The molecular weight excluding hydrogens is 348 g/mol. The van der Waals surface area contributed by atoms with Crippen molar-refractivity contribution in [1.82, 2.24) is 24.9 Å². The SMILES string of the molecule is O=C(Cn1ncccc1=O)N1CCN(c2ccc(-c3ccco3)nn2)CC1. The van der Waals surface area contributed by atoms with Crippen molar-refractivity contribution >= 4 is 11.7 Å². The first-order valence-corrected chi connectivity index (χ1v) is 8.63. The van der Waals surface area contributed by atoms with Gasteiger partial charge in [-0.05, 0) is 30.3 Å². The molecule has 4 heterocycles. The number of piperazine rings is 1. The fourth-order valence-corrected chi connectivity index (χ4v) is 2.97. The van der Waals surface area contributed by atoms with Crippen molar-refractivity contribution in [3.8, 4) is 11.5 Å². The summed E-state index contributed by atoms with van der Waals surface area (Å²) in [5.74, 6) is 1.32. The van der Waals surface area contributed by atoms with Gasteiger partial charge in [-0.15, -0.1) is 10.2 Å². The largest absolute Gasteiger partial charge is 0.463 e. The number of carbonyl (C=O) groups is 1. The number of hydrogen-bond donors (Lipinski definition) is 0. The fourth-order valence-electron chi connectivity index (χ4n) is 2.97. The van der Waals surface area contributed by atoms with Gasteiger partial charge in [0.1, 0.15) is 12.2 Å². The fraction of sp³-hybridized carbons (Fsp3) is 0.278. The molecule has 0 N–H and O–H groups in total. The van der Waals surface area contributed by atoms with E-state index in [-0.39, 0.29) is 18.0 Å². The summed E-state index contributed by atoms with van der Waals surface area (Å²) in [5.41, 5.74) is 0.398. The minimum Gasteiger partial charge on any atom is -0.463 e. The summed E-state index contributed by atoms with van der Waals surface area (Å²) in [5, 5.41) is 12.4. The van der Waals surface area contributed by atoms with E-state index in [9.17, 15) is 9.59 Å². The number of furan rings is 1. The Balaban J connectivity index is 1.35. The summed E-state index contributed by atoms with van der Waals surface area (Å²) >= 11 is 0. The van der Waals surface area contributed by atoms with E-state index < -0.39 is 0 Å². The molecule has 3 aromatic rings. The molecule has 0 spiro atoms. The van der Waals surface area contributed by atoms with Gasteiger partial charge in [-0.3, -0.25) is 9.59 Å². The Morgan fingerprint density at radius 3 is 2.56 bits per heavy atom. The van der Waals surface area contributed by atoms with Gasteiger partial charge >= 0.3 is 0 Å². The van der Waals surface area contributed by atoms with Gasteiger partial charge in [0.15, 0.2) is 11.6 Å². The van der Waals surface area contributed by atoms with Crippen LogP contribution in [-0.4, -0.2) is 57.0 Å². The molecule has 1 saturated heterocycles. The summed E-state index contributed by atoms with van der Waals surface area (Å²) in [4.78, 5) is 27.9. The molecule has 0 atom stereocenters. The Labute approximate surface area is 154 Å². The van der Waals surface area contributed by atoms with Crippen LogP contribution < -0.4 is 10.5 Å². The van der Waals surface area contributed by atoms with Crippen molar-refractivity contribution in [3.63, 3.8) is 0 Å². The van der Waals surface area contributed by atoms with Crippen molar-refractivity contribution in [3.05, 3.63) is 59.2 Å². The maximum Gasteiger partial charge on any atom is 0.267 e. The minimum absolute atomic E-state index is 0.0443. The molecule has 27 heavy (non-hydrogen) atoms. The van der Waals surface area contributed by atoms with E-state index in [0.29, 0.717) is 37.6 Å². The van der Waals surface area contributed by atoms with Gasteiger partial charge in [0.2, 0.25) is 5.91 Å². The third-order valence-electron chi connectivity index (χ3n) is 4.45. The number of hydrogen-bond acceptors (Lipinski definition) is 7. The zero-order valence-electron chi connectivity index (χ0n) is 14.6. The van der Waals surface area contributed by atoms with Gasteiger partial charge in [-0.1, -0.05) is 0 Å². The highest BCUT2D eigenvalue weighted by molar-refractivity contribution is 5.76. The Morgan fingerprint density at radius 2 is 1.89 bits per heavy atom. The van der Waals surface area contributed by atoms with Crippen LogP contribution in [0.5, 0.6) is 0 Å². The predicted molar refractivity (Wildman–Crippen MR) is 97.0 cm³/mol. The van der Waals surface area contributed by atoms with Gasteiger partial charge in [-0.2, -0.15) is 5.10 Å². The van der Waals surface area contributed by atoms with E-state index in [1.165, 1.54) is 16.9 Å². The lowest BCUT2D eigenvalue weighted by molar-refractivity contribution is -0.132. The quantitative estimate of drug-likeness (QED) is 0.668. The molecule has 138 valence electrons. The molecule has 1 aliphatic heterocycles. The molecule has 0 aliphatic carbocycles. The van der Waals surface area contributed by atoms with Crippen molar-refractivity contribution in [2.24, 2.45) is 0 Å². The first kappa shape index (κ1) is 17.0. The lowest BCUT2D eigenvalue weighted by Gasteiger charge is -2.35. The molecule has 0 unspecified atom stereocenters. The maximum absolute atomic E-state index is 12.4. The number of carbonyl (C=O) groups excluding carboxylic acids is 1. The molecule has 9 nitrogen and oxygen atoms in total.